The van der Waals surface area contributed by atoms with Gasteiger partial charge in [0.25, 0.3) is 0 Å². The van der Waals surface area contributed by atoms with Gasteiger partial charge in [-0.15, -0.1) is 0 Å². The largest absolute Gasteiger partial charge is 0.466 e. The fourth-order valence-corrected chi connectivity index (χ4v) is 1.22. The van der Waals surface area contributed by atoms with Crippen LogP contribution in [0.25, 0.3) is 0 Å². The van der Waals surface area contributed by atoms with Gasteiger partial charge in [-0.25, -0.2) is 9.59 Å². The van der Waals surface area contributed by atoms with Crippen molar-refractivity contribution in [3.05, 3.63) is 60.2 Å². The van der Waals surface area contributed by atoms with Gasteiger partial charge in [0.1, 0.15) is 6.61 Å². The first kappa shape index (κ1) is 15.4. The molecule has 0 aromatic heterocycles. The number of ketones is 1. The van der Waals surface area contributed by atoms with E-state index in [9.17, 15) is 14.4 Å². The molecule has 0 fully saturated rings. The quantitative estimate of drug-likeness (QED) is 0.583. The van der Waals surface area contributed by atoms with Crippen LogP contribution in [-0.2, 0) is 19.1 Å². The number of hydrogen-bond donors (Lipinski definition) is 0. The Morgan fingerprint density at radius 1 is 1.05 bits per heavy atom. The van der Waals surface area contributed by atoms with Crippen molar-refractivity contribution in [2.75, 3.05) is 13.7 Å². The second-order valence-corrected chi connectivity index (χ2v) is 3.63. The highest BCUT2D eigenvalue weighted by Gasteiger charge is 2.03. The van der Waals surface area contributed by atoms with Gasteiger partial charge in [0.2, 0.25) is 0 Å². The van der Waals surface area contributed by atoms with Crippen molar-refractivity contribution in [3.63, 3.8) is 0 Å². The lowest BCUT2D eigenvalue weighted by atomic mass is 10.2. The lowest BCUT2D eigenvalue weighted by Crippen LogP contribution is -2.05. The second kappa shape index (κ2) is 8.42. The topological polar surface area (TPSA) is 69.7 Å². The van der Waals surface area contributed by atoms with Crippen molar-refractivity contribution in [3.8, 4) is 0 Å². The maximum absolute atomic E-state index is 11.5. The Morgan fingerprint density at radius 2 is 1.75 bits per heavy atom. The molecule has 0 aliphatic rings. The van der Waals surface area contributed by atoms with Crippen LogP contribution >= 0.6 is 0 Å². The van der Waals surface area contributed by atoms with Crippen molar-refractivity contribution in [1.29, 1.82) is 0 Å². The zero-order chi connectivity index (χ0) is 14.8. The third-order valence-electron chi connectivity index (χ3n) is 2.19. The number of benzene rings is 1. The van der Waals surface area contributed by atoms with E-state index in [-0.39, 0.29) is 6.61 Å². The van der Waals surface area contributed by atoms with Crippen LogP contribution in [-0.4, -0.2) is 31.4 Å². The third-order valence-corrected chi connectivity index (χ3v) is 2.19. The molecule has 0 aliphatic carbocycles. The summed E-state index contributed by atoms with van der Waals surface area (Å²) in [6.45, 7) is -0.0223. The number of allylic oxidation sites excluding steroid dienone is 2. The predicted molar refractivity (Wildman–Crippen MR) is 72.0 cm³/mol. The van der Waals surface area contributed by atoms with Crippen LogP contribution in [0, 0.1) is 0 Å². The van der Waals surface area contributed by atoms with Crippen molar-refractivity contribution < 1.29 is 23.9 Å². The minimum atomic E-state index is -0.609. The van der Waals surface area contributed by atoms with Gasteiger partial charge in [0, 0.05) is 6.08 Å². The summed E-state index contributed by atoms with van der Waals surface area (Å²) >= 11 is 0. The molecule has 0 saturated carbocycles. The van der Waals surface area contributed by atoms with Crippen molar-refractivity contribution in [1.82, 2.24) is 0 Å². The molecule has 0 radical (unpaired) electrons. The minimum absolute atomic E-state index is 0.0223. The van der Waals surface area contributed by atoms with E-state index in [0.717, 1.165) is 12.2 Å². The number of hydrogen-bond acceptors (Lipinski definition) is 5. The Morgan fingerprint density at radius 3 is 2.40 bits per heavy atom. The second-order valence-electron chi connectivity index (χ2n) is 3.63. The summed E-state index contributed by atoms with van der Waals surface area (Å²) < 4.78 is 9.27. The molecule has 20 heavy (non-hydrogen) atoms. The van der Waals surface area contributed by atoms with Gasteiger partial charge in [-0.3, -0.25) is 4.79 Å². The molecule has 0 saturated heterocycles. The molecule has 0 aliphatic heterocycles. The number of ether oxygens (including phenoxy) is 2. The predicted octanol–water partition coefficient (Wildman–Crippen LogP) is 1.70. The molecule has 0 amide bonds. The molecule has 1 aromatic carbocycles. The summed E-state index contributed by atoms with van der Waals surface area (Å²) in [6.07, 6.45) is 4.69. The van der Waals surface area contributed by atoms with Crippen molar-refractivity contribution in [2.24, 2.45) is 0 Å². The van der Waals surface area contributed by atoms with E-state index in [0.29, 0.717) is 5.56 Å². The summed E-state index contributed by atoms with van der Waals surface area (Å²) in [6, 6.07) is 8.52. The average Bonchev–Trinajstić information content (AvgIpc) is 2.49. The molecule has 5 nitrogen and oxygen atoms in total. The number of carbonyl (C=O) groups excluding carboxylic acids is 3. The summed E-state index contributed by atoms with van der Waals surface area (Å²) in [5.41, 5.74) is 0.442. The molecular weight excluding hydrogens is 260 g/mol. The van der Waals surface area contributed by atoms with Crippen LogP contribution < -0.4 is 0 Å². The summed E-state index contributed by atoms with van der Waals surface area (Å²) in [5, 5.41) is 0. The van der Waals surface area contributed by atoms with Gasteiger partial charge in [-0.05, 0) is 30.4 Å². The molecule has 1 rings (SSSR count). The first-order valence-electron chi connectivity index (χ1n) is 5.82. The highest BCUT2D eigenvalue weighted by molar-refractivity contribution is 6.02. The zero-order valence-electron chi connectivity index (χ0n) is 10.9. The molecule has 0 heterocycles. The smallest absolute Gasteiger partial charge is 0.338 e. The van der Waals surface area contributed by atoms with Gasteiger partial charge < -0.3 is 9.47 Å². The van der Waals surface area contributed by atoms with Crippen LogP contribution in [0.3, 0.4) is 0 Å². The van der Waals surface area contributed by atoms with Gasteiger partial charge >= 0.3 is 11.9 Å². The maximum atomic E-state index is 11.5. The standard InChI is InChI=1S/C15H14O5/c1-19-14(17)10-9-13(16)8-5-11-20-15(18)12-6-3-2-4-7-12/h2-10H,11H2,1H3/b8-5+,10-9-. The Balaban J connectivity index is 2.35. The first-order chi connectivity index (χ1) is 9.63. The van der Waals surface area contributed by atoms with Crippen LogP contribution in [0.2, 0.25) is 0 Å². The number of rotatable bonds is 6. The number of methoxy groups -OCH3 is 1. The minimum Gasteiger partial charge on any atom is -0.466 e. The lowest BCUT2D eigenvalue weighted by Gasteiger charge is -2.00. The Hall–Kier alpha value is -2.69. The Labute approximate surface area is 116 Å². The molecule has 0 atom stereocenters. The highest BCUT2D eigenvalue weighted by atomic mass is 16.5. The van der Waals surface area contributed by atoms with E-state index < -0.39 is 17.7 Å². The van der Waals surface area contributed by atoms with Gasteiger partial charge in [0.15, 0.2) is 5.78 Å². The molecule has 0 N–H and O–H groups in total. The Bertz CT molecular complexity index is 528. The van der Waals surface area contributed by atoms with E-state index >= 15 is 0 Å². The Kier molecular flexibility index (Phi) is 6.47. The molecule has 1 aromatic rings. The fourth-order valence-electron chi connectivity index (χ4n) is 1.22. The molecular formula is C15H14O5. The van der Waals surface area contributed by atoms with Crippen LogP contribution in [0.15, 0.2) is 54.6 Å². The zero-order valence-corrected chi connectivity index (χ0v) is 10.9. The molecule has 0 spiro atoms. The summed E-state index contributed by atoms with van der Waals surface area (Å²) in [5.74, 6) is -1.47. The SMILES string of the molecule is COC(=O)/C=C\C(=O)/C=C/COC(=O)c1ccccc1. The molecule has 104 valence electrons. The maximum Gasteiger partial charge on any atom is 0.338 e. The monoisotopic (exact) mass is 274 g/mol. The summed E-state index contributed by atoms with van der Waals surface area (Å²) in [4.78, 5) is 33.5. The molecule has 0 unspecified atom stereocenters. The normalized spacial score (nSPS) is 10.7. The van der Waals surface area contributed by atoms with E-state index in [1.54, 1.807) is 30.3 Å². The van der Waals surface area contributed by atoms with E-state index in [4.69, 9.17) is 4.74 Å². The lowest BCUT2D eigenvalue weighted by molar-refractivity contribution is -0.135. The van der Waals surface area contributed by atoms with Crippen LogP contribution in [0.1, 0.15) is 10.4 Å². The molecule has 0 bridgehead atoms. The van der Waals surface area contributed by atoms with Gasteiger partial charge in [-0.2, -0.15) is 0 Å². The fraction of sp³-hybridized carbons (Fsp3) is 0.133. The van der Waals surface area contributed by atoms with E-state index in [1.807, 2.05) is 0 Å². The number of esters is 2. The van der Waals surface area contributed by atoms with Gasteiger partial charge in [0.05, 0.1) is 12.7 Å². The van der Waals surface area contributed by atoms with Crippen molar-refractivity contribution in [2.45, 2.75) is 0 Å². The first-order valence-corrected chi connectivity index (χ1v) is 5.82. The van der Waals surface area contributed by atoms with E-state index in [1.165, 1.54) is 19.3 Å². The highest BCUT2D eigenvalue weighted by Crippen LogP contribution is 2.00. The summed E-state index contributed by atoms with van der Waals surface area (Å²) in [7, 11) is 1.22. The van der Waals surface area contributed by atoms with Crippen molar-refractivity contribution >= 4 is 17.7 Å². The molecule has 5 heteroatoms. The van der Waals surface area contributed by atoms with E-state index in [2.05, 4.69) is 4.74 Å². The number of carbonyl (C=O) groups is 3. The van der Waals surface area contributed by atoms with Crippen LogP contribution in [0.5, 0.6) is 0 Å². The average molecular weight is 274 g/mol. The van der Waals surface area contributed by atoms with Crippen LogP contribution in [0.4, 0.5) is 0 Å². The van der Waals surface area contributed by atoms with Gasteiger partial charge in [-0.1, -0.05) is 18.2 Å². The third kappa shape index (κ3) is 5.77.